The van der Waals surface area contributed by atoms with E-state index in [-0.39, 0.29) is 0 Å². The molecule has 0 N–H and O–H groups in total. The van der Waals surface area contributed by atoms with Crippen LogP contribution in [0.2, 0.25) is 0 Å². The van der Waals surface area contributed by atoms with Gasteiger partial charge in [-0.05, 0) is 17.5 Å². The van der Waals surface area contributed by atoms with E-state index in [9.17, 15) is 0 Å². The Kier molecular flexibility index (Phi) is 2.75. The van der Waals surface area contributed by atoms with E-state index in [1.54, 1.807) is 12.1 Å². The molecule has 2 rings (SSSR count). The fraction of sp³-hybridized carbons (Fsp3) is 0.0769. The Morgan fingerprint density at radius 2 is 1.40 bits per heavy atom. The van der Waals surface area contributed by atoms with E-state index in [0.29, 0.717) is 5.69 Å². The zero-order valence-corrected chi connectivity index (χ0v) is 8.30. The van der Waals surface area contributed by atoms with Crippen LogP contribution in [0.3, 0.4) is 0 Å². The van der Waals surface area contributed by atoms with E-state index < -0.39 is 0 Å². The van der Waals surface area contributed by atoms with E-state index in [0.717, 1.165) is 6.42 Å². The summed E-state index contributed by atoms with van der Waals surface area (Å²) >= 11 is 0. The Morgan fingerprint density at radius 3 is 2.00 bits per heavy atom. The predicted octanol–water partition coefficient (Wildman–Crippen LogP) is 3.76. The number of nitrogens with zero attached hydrogens (tertiary/aromatic N) is 2. The van der Waals surface area contributed by atoms with Crippen molar-refractivity contribution in [2.45, 2.75) is 6.42 Å². The third-order valence-corrected chi connectivity index (χ3v) is 2.30. The van der Waals surface area contributed by atoms with Gasteiger partial charge >= 0.3 is 5.69 Å². The van der Waals surface area contributed by atoms with Gasteiger partial charge in [-0.3, -0.25) is 0 Å². The monoisotopic (exact) mass is 195 g/mol. The molecule has 0 unspecified atom stereocenters. The molecule has 2 nitrogen and oxygen atoms in total. The molecule has 0 fully saturated rings. The van der Waals surface area contributed by atoms with Crippen LogP contribution in [0.15, 0.2) is 54.6 Å². The lowest BCUT2D eigenvalue weighted by molar-refractivity contribution is 1.19. The van der Waals surface area contributed by atoms with E-state index in [1.165, 1.54) is 11.1 Å². The molecule has 0 aliphatic carbocycles. The largest absolute Gasteiger partial charge is 0.385 e. The summed E-state index contributed by atoms with van der Waals surface area (Å²) < 4.78 is 0. The van der Waals surface area contributed by atoms with Crippen LogP contribution >= 0.6 is 0 Å². The molecule has 15 heavy (non-hydrogen) atoms. The SMILES string of the molecule is N#[N+]c1ccc(Cc2ccccc2)cc1. The minimum Gasteiger partial charge on any atom is -0.0622 e. The smallest absolute Gasteiger partial charge is 0.0622 e. The zero-order chi connectivity index (χ0) is 10.5. The van der Waals surface area contributed by atoms with Crippen molar-refractivity contribution in [3.63, 3.8) is 0 Å². The predicted molar refractivity (Wildman–Crippen MR) is 60.4 cm³/mol. The van der Waals surface area contributed by atoms with Crippen LogP contribution in [0.5, 0.6) is 0 Å². The number of rotatable bonds is 2. The van der Waals surface area contributed by atoms with Crippen molar-refractivity contribution in [2.24, 2.45) is 0 Å². The van der Waals surface area contributed by atoms with Gasteiger partial charge in [0.2, 0.25) is 5.39 Å². The average molecular weight is 195 g/mol. The maximum atomic E-state index is 8.54. The van der Waals surface area contributed by atoms with Crippen molar-refractivity contribution in [1.29, 1.82) is 5.39 Å². The molecule has 2 aromatic rings. The van der Waals surface area contributed by atoms with Crippen LogP contribution in [0.25, 0.3) is 4.98 Å². The van der Waals surface area contributed by atoms with Crippen LogP contribution in [0, 0.1) is 5.39 Å². The normalized spacial score (nSPS) is 9.53. The van der Waals surface area contributed by atoms with Crippen LogP contribution in [0.4, 0.5) is 5.69 Å². The Labute approximate surface area is 88.8 Å². The van der Waals surface area contributed by atoms with Crippen LogP contribution in [-0.4, -0.2) is 0 Å². The Morgan fingerprint density at radius 1 is 0.800 bits per heavy atom. The van der Waals surface area contributed by atoms with Gasteiger partial charge < -0.3 is 0 Å². The summed E-state index contributed by atoms with van der Waals surface area (Å²) in [5, 5.41) is 8.54. The third kappa shape index (κ3) is 2.41. The van der Waals surface area contributed by atoms with Crippen molar-refractivity contribution in [3.8, 4) is 0 Å². The molecule has 2 aromatic carbocycles. The minimum atomic E-state index is 0.590. The van der Waals surface area contributed by atoms with Gasteiger partial charge in [0, 0.05) is 12.1 Å². The molecule has 0 aliphatic rings. The van der Waals surface area contributed by atoms with Gasteiger partial charge in [0.15, 0.2) is 4.98 Å². The molecule has 0 heterocycles. The lowest BCUT2D eigenvalue weighted by Gasteiger charge is -1.99. The van der Waals surface area contributed by atoms with E-state index >= 15 is 0 Å². The van der Waals surface area contributed by atoms with Gasteiger partial charge in [0.05, 0.1) is 0 Å². The first-order valence-electron chi connectivity index (χ1n) is 4.86. The second-order valence-corrected chi connectivity index (χ2v) is 3.43. The van der Waals surface area contributed by atoms with Gasteiger partial charge in [-0.2, -0.15) is 0 Å². The van der Waals surface area contributed by atoms with Crippen molar-refractivity contribution in [1.82, 2.24) is 0 Å². The molecule has 0 amide bonds. The first-order valence-corrected chi connectivity index (χ1v) is 4.86. The lowest BCUT2D eigenvalue weighted by atomic mass is 10.1. The van der Waals surface area contributed by atoms with Crippen molar-refractivity contribution >= 4 is 5.69 Å². The molecule has 0 saturated heterocycles. The molecule has 0 saturated carbocycles. The highest BCUT2D eigenvalue weighted by atomic mass is 14.8. The summed E-state index contributed by atoms with van der Waals surface area (Å²) in [6, 6.07) is 17.8. The average Bonchev–Trinajstić information content (AvgIpc) is 2.31. The van der Waals surface area contributed by atoms with Crippen LogP contribution in [0.1, 0.15) is 11.1 Å². The van der Waals surface area contributed by atoms with Crippen LogP contribution in [-0.2, 0) is 6.42 Å². The molecular formula is C13H11N2+. The molecule has 0 spiro atoms. The lowest BCUT2D eigenvalue weighted by Crippen LogP contribution is -1.86. The second-order valence-electron chi connectivity index (χ2n) is 3.43. The molecule has 0 aromatic heterocycles. The summed E-state index contributed by atoms with van der Waals surface area (Å²) in [7, 11) is 0. The quantitative estimate of drug-likeness (QED) is 0.670. The summed E-state index contributed by atoms with van der Waals surface area (Å²) in [6.07, 6.45) is 0.909. The molecular weight excluding hydrogens is 184 g/mol. The Bertz CT molecular complexity index is 466. The van der Waals surface area contributed by atoms with E-state index in [2.05, 4.69) is 17.1 Å². The molecule has 0 radical (unpaired) electrons. The summed E-state index contributed by atoms with van der Waals surface area (Å²) in [5.41, 5.74) is 3.09. The number of diazo groups is 1. The molecule has 72 valence electrons. The number of hydrogen-bond donors (Lipinski definition) is 0. The van der Waals surface area contributed by atoms with Gasteiger partial charge in [-0.1, -0.05) is 42.5 Å². The van der Waals surface area contributed by atoms with Gasteiger partial charge in [-0.25, -0.2) is 0 Å². The third-order valence-electron chi connectivity index (χ3n) is 2.30. The van der Waals surface area contributed by atoms with E-state index in [1.807, 2.05) is 30.3 Å². The number of benzene rings is 2. The maximum absolute atomic E-state index is 8.54. The molecule has 0 aliphatic heterocycles. The summed E-state index contributed by atoms with van der Waals surface area (Å²) in [5.74, 6) is 0. The van der Waals surface area contributed by atoms with Crippen LogP contribution < -0.4 is 0 Å². The van der Waals surface area contributed by atoms with E-state index in [4.69, 9.17) is 5.39 Å². The van der Waals surface area contributed by atoms with Gasteiger partial charge in [-0.15, -0.1) is 0 Å². The highest BCUT2D eigenvalue weighted by Gasteiger charge is 2.02. The fourth-order valence-electron chi connectivity index (χ4n) is 1.51. The zero-order valence-electron chi connectivity index (χ0n) is 8.30. The van der Waals surface area contributed by atoms with Crippen molar-refractivity contribution in [3.05, 3.63) is 70.7 Å². The Hall–Kier alpha value is -2.14. The minimum absolute atomic E-state index is 0.590. The topological polar surface area (TPSA) is 28.1 Å². The first-order chi connectivity index (χ1) is 7.38. The van der Waals surface area contributed by atoms with Crippen molar-refractivity contribution < 1.29 is 0 Å². The summed E-state index contributed by atoms with van der Waals surface area (Å²) in [4.78, 5) is 3.12. The molecule has 2 heteroatoms. The molecule has 0 atom stereocenters. The van der Waals surface area contributed by atoms with Gasteiger partial charge in [0.25, 0.3) is 0 Å². The molecule has 0 bridgehead atoms. The standard InChI is InChI=1S/C13H11N2/c14-15-13-8-6-12(7-9-13)10-11-4-2-1-3-5-11/h1-9H,10H2/q+1. The first kappa shape index (κ1) is 9.42. The second kappa shape index (κ2) is 4.39. The number of hydrogen-bond acceptors (Lipinski definition) is 1. The van der Waals surface area contributed by atoms with Gasteiger partial charge in [0.1, 0.15) is 0 Å². The highest BCUT2D eigenvalue weighted by Crippen LogP contribution is 2.15. The Balaban J connectivity index is 2.16. The summed E-state index contributed by atoms with van der Waals surface area (Å²) in [6.45, 7) is 0. The fourth-order valence-corrected chi connectivity index (χ4v) is 1.51. The van der Waals surface area contributed by atoms with Crippen molar-refractivity contribution in [2.75, 3.05) is 0 Å². The maximum Gasteiger partial charge on any atom is 0.385 e. The highest BCUT2D eigenvalue weighted by molar-refractivity contribution is 5.45.